The number of para-hydroxylation sites is 1. The van der Waals surface area contributed by atoms with E-state index < -0.39 is 0 Å². The minimum Gasteiger partial charge on any atom is -0.297 e. The minimum absolute atomic E-state index is 0.00879. The Morgan fingerprint density at radius 3 is 2.27 bits per heavy atom. The standard InChI is InChI=1S/C25H30BrN3O/c1-27-23(24(26)25(30)29(27)22-13-6-3-7-14-22)19-28-17-15-21(16-18-28)12-8-11-20-9-4-2-5-10-20/h2-7,9-10,13-14,21H,8,11-12,15-19H2,1H3. The van der Waals surface area contributed by atoms with Crippen LogP contribution in [0.3, 0.4) is 0 Å². The Morgan fingerprint density at radius 2 is 1.60 bits per heavy atom. The van der Waals surface area contributed by atoms with Crippen molar-refractivity contribution < 1.29 is 0 Å². The largest absolute Gasteiger partial charge is 0.297 e. The average molecular weight is 468 g/mol. The number of piperidine rings is 1. The summed E-state index contributed by atoms with van der Waals surface area (Å²) < 4.78 is 4.42. The first-order chi connectivity index (χ1) is 14.6. The molecular weight excluding hydrogens is 438 g/mol. The minimum atomic E-state index is 0.00879. The SMILES string of the molecule is Cn1c(CN2CCC(CCCc3ccccc3)CC2)c(Br)c(=O)n1-c1ccccc1. The lowest BCUT2D eigenvalue weighted by atomic mass is 9.90. The second-order valence-corrected chi connectivity index (χ2v) is 9.13. The van der Waals surface area contributed by atoms with Crippen LogP contribution >= 0.6 is 15.9 Å². The Labute approximate surface area is 187 Å². The van der Waals surface area contributed by atoms with Crippen molar-refractivity contribution in [2.45, 2.75) is 38.6 Å². The van der Waals surface area contributed by atoms with E-state index in [1.807, 2.05) is 42.1 Å². The van der Waals surface area contributed by atoms with Crippen molar-refractivity contribution in [1.29, 1.82) is 0 Å². The summed E-state index contributed by atoms with van der Waals surface area (Å²) in [7, 11) is 1.98. The van der Waals surface area contributed by atoms with E-state index in [0.717, 1.165) is 36.9 Å². The van der Waals surface area contributed by atoms with Gasteiger partial charge in [-0.15, -0.1) is 0 Å². The zero-order chi connectivity index (χ0) is 20.9. The maximum atomic E-state index is 12.8. The fraction of sp³-hybridized carbons (Fsp3) is 0.400. The number of nitrogens with zero attached hydrogens (tertiary/aromatic N) is 3. The van der Waals surface area contributed by atoms with E-state index in [-0.39, 0.29) is 5.56 Å². The zero-order valence-electron chi connectivity index (χ0n) is 17.6. The van der Waals surface area contributed by atoms with Crippen molar-refractivity contribution in [3.05, 3.63) is 86.7 Å². The van der Waals surface area contributed by atoms with E-state index in [2.05, 4.69) is 51.2 Å². The number of aryl methyl sites for hydroxylation is 1. The van der Waals surface area contributed by atoms with Crippen molar-refractivity contribution in [3.63, 3.8) is 0 Å². The number of likely N-dealkylation sites (tertiary alicyclic amines) is 1. The maximum absolute atomic E-state index is 12.8. The molecule has 4 nitrogen and oxygen atoms in total. The number of hydrogen-bond donors (Lipinski definition) is 0. The molecule has 0 radical (unpaired) electrons. The van der Waals surface area contributed by atoms with Gasteiger partial charge in [0.15, 0.2) is 0 Å². The first-order valence-electron chi connectivity index (χ1n) is 10.9. The summed E-state index contributed by atoms with van der Waals surface area (Å²) in [6.45, 7) is 3.02. The number of rotatable bonds is 7. The Balaban J connectivity index is 1.33. The molecule has 1 saturated heterocycles. The molecule has 1 aliphatic rings. The van der Waals surface area contributed by atoms with Gasteiger partial charge < -0.3 is 0 Å². The number of aromatic nitrogens is 2. The first kappa shape index (κ1) is 21.1. The van der Waals surface area contributed by atoms with E-state index in [9.17, 15) is 4.79 Å². The predicted molar refractivity (Wildman–Crippen MR) is 126 cm³/mol. The summed E-state index contributed by atoms with van der Waals surface area (Å²) in [5.74, 6) is 0.825. The van der Waals surface area contributed by atoms with Crippen LogP contribution in [0.5, 0.6) is 0 Å². The molecule has 2 aromatic carbocycles. The van der Waals surface area contributed by atoms with Crippen molar-refractivity contribution >= 4 is 15.9 Å². The van der Waals surface area contributed by atoms with E-state index in [4.69, 9.17) is 0 Å². The van der Waals surface area contributed by atoms with E-state index in [0.29, 0.717) is 4.47 Å². The topological polar surface area (TPSA) is 30.2 Å². The summed E-state index contributed by atoms with van der Waals surface area (Å²) in [5.41, 5.74) is 3.40. The molecule has 0 aliphatic carbocycles. The lowest BCUT2D eigenvalue weighted by Gasteiger charge is -2.32. The van der Waals surface area contributed by atoms with Gasteiger partial charge in [0.05, 0.1) is 11.4 Å². The molecule has 0 amide bonds. The number of halogens is 1. The first-order valence-corrected chi connectivity index (χ1v) is 11.7. The maximum Gasteiger partial charge on any atom is 0.286 e. The van der Waals surface area contributed by atoms with E-state index >= 15 is 0 Å². The summed E-state index contributed by atoms with van der Waals surface area (Å²) >= 11 is 3.56. The third kappa shape index (κ3) is 4.79. The molecule has 0 bridgehead atoms. The second kappa shape index (κ2) is 9.80. The molecule has 2 heterocycles. The van der Waals surface area contributed by atoms with Crippen molar-refractivity contribution in [2.75, 3.05) is 13.1 Å². The fourth-order valence-electron chi connectivity index (χ4n) is 4.53. The van der Waals surface area contributed by atoms with Gasteiger partial charge in [0.1, 0.15) is 4.47 Å². The molecule has 1 aromatic heterocycles. The van der Waals surface area contributed by atoms with Crippen molar-refractivity contribution in [3.8, 4) is 5.69 Å². The number of benzene rings is 2. The van der Waals surface area contributed by atoms with Crippen molar-refractivity contribution in [1.82, 2.24) is 14.3 Å². The van der Waals surface area contributed by atoms with Gasteiger partial charge in [0, 0.05) is 13.6 Å². The van der Waals surface area contributed by atoms with Gasteiger partial charge in [-0.3, -0.25) is 14.4 Å². The normalized spacial score (nSPS) is 15.5. The van der Waals surface area contributed by atoms with Crippen LogP contribution in [0.1, 0.15) is 36.9 Å². The lowest BCUT2D eigenvalue weighted by Crippen LogP contribution is -2.34. The van der Waals surface area contributed by atoms with Crippen LogP contribution in [-0.2, 0) is 20.0 Å². The predicted octanol–water partition coefficient (Wildman–Crippen LogP) is 5.17. The van der Waals surface area contributed by atoms with Crippen LogP contribution in [0.4, 0.5) is 0 Å². The molecule has 0 atom stereocenters. The van der Waals surface area contributed by atoms with E-state index in [1.165, 1.54) is 37.7 Å². The molecule has 4 rings (SSSR count). The molecular formula is C25H30BrN3O. The quantitative estimate of drug-likeness (QED) is 0.479. The highest BCUT2D eigenvalue weighted by molar-refractivity contribution is 9.10. The third-order valence-electron chi connectivity index (χ3n) is 6.33. The molecule has 1 fully saturated rings. The van der Waals surface area contributed by atoms with Gasteiger partial charge in [-0.2, -0.15) is 0 Å². The number of hydrogen-bond acceptors (Lipinski definition) is 2. The molecule has 0 N–H and O–H groups in total. The van der Waals surface area contributed by atoms with E-state index in [1.54, 1.807) is 4.68 Å². The van der Waals surface area contributed by atoms with Crippen LogP contribution in [0.2, 0.25) is 0 Å². The zero-order valence-corrected chi connectivity index (χ0v) is 19.2. The van der Waals surface area contributed by atoms with Gasteiger partial charge in [-0.25, -0.2) is 4.68 Å². The van der Waals surface area contributed by atoms with Crippen molar-refractivity contribution in [2.24, 2.45) is 13.0 Å². The molecule has 1 aliphatic heterocycles. The average Bonchev–Trinajstić information content (AvgIpc) is 2.99. The Hall–Kier alpha value is -2.11. The Kier molecular flexibility index (Phi) is 6.90. The Morgan fingerprint density at radius 1 is 0.967 bits per heavy atom. The fourth-order valence-corrected chi connectivity index (χ4v) is 5.08. The van der Waals surface area contributed by atoms with Gasteiger partial charge in [-0.05, 0) is 78.3 Å². The summed E-state index contributed by atoms with van der Waals surface area (Å²) in [6, 6.07) is 20.6. The molecule has 30 heavy (non-hydrogen) atoms. The smallest absolute Gasteiger partial charge is 0.286 e. The summed E-state index contributed by atoms with van der Waals surface area (Å²) in [6.07, 6.45) is 6.27. The highest BCUT2D eigenvalue weighted by Gasteiger charge is 2.23. The third-order valence-corrected chi connectivity index (χ3v) is 7.12. The lowest BCUT2D eigenvalue weighted by molar-refractivity contribution is 0.167. The molecule has 3 aromatic rings. The Bertz CT molecular complexity index is 1000. The van der Waals surface area contributed by atoms with Crippen LogP contribution in [0, 0.1) is 5.92 Å². The molecule has 0 unspecified atom stereocenters. The molecule has 158 valence electrons. The van der Waals surface area contributed by atoms with Crippen LogP contribution in [0.25, 0.3) is 5.69 Å². The van der Waals surface area contributed by atoms with Gasteiger partial charge in [-0.1, -0.05) is 55.0 Å². The highest BCUT2D eigenvalue weighted by atomic mass is 79.9. The van der Waals surface area contributed by atoms with Crippen LogP contribution in [0.15, 0.2) is 69.9 Å². The van der Waals surface area contributed by atoms with Crippen LogP contribution in [-0.4, -0.2) is 27.4 Å². The van der Waals surface area contributed by atoms with Crippen LogP contribution < -0.4 is 5.56 Å². The second-order valence-electron chi connectivity index (χ2n) is 8.33. The highest BCUT2D eigenvalue weighted by Crippen LogP contribution is 2.25. The monoisotopic (exact) mass is 467 g/mol. The van der Waals surface area contributed by atoms with Gasteiger partial charge in [0.25, 0.3) is 5.56 Å². The summed E-state index contributed by atoms with van der Waals surface area (Å²) in [5, 5.41) is 0. The van der Waals surface area contributed by atoms with Gasteiger partial charge in [0.2, 0.25) is 0 Å². The summed E-state index contributed by atoms with van der Waals surface area (Å²) in [4.78, 5) is 15.3. The molecule has 0 saturated carbocycles. The van der Waals surface area contributed by atoms with Gasteiger partial charge >= 0.3 is 0 Å². The molecule has 5 heteroatoms. The molecule has 0 spiro atoms.